The molecule has 0 aliphatic heterocycles. The zero-order valence-corrected chi connectivity index (χ0v) is 15.9. The molecule has 0 saturated carbocycles. The van der Waals surface area contributed by atoms with Crippen molar-refractivity contribution in [3.8, 4) is 0 Å². The van der Waals surface area contributed by atoms with Gasteiger partial charge in [-0.25, -0.2) is 9.78 Å². The van der Waals surface area contributed by atoms with E-state index < -0.39 is 6.10 Å². The number of nitrogens with one attached hydrogen (secondary N) is 1. The van der Waals surface area contributed by atoms with Gasteiger partial charge in [0.05, 0.1) is 12.0 Å². The number of aryl methyl sites for hydroxylation is 3. The first-order valence-electron chi connectivity index (χ1n) is 8.71. The van der Waals surface area contributed by atoms with E-state index in [0.29, 0.717) is 12.4 Å². The minimum atomic E-state index is -0.526. The largest absolute Gasteiger partial charge is 0.393 e. The highest BCUT2D eigenvalue weighted by atomic mass is 16.3. The molecule has 0 aliphatic carbocycles. The summed E-state index contributed by atoms with van der Waals surface area (Å²) >= 11 is 0. The van der Waals surface area contributed by atoms with Gasteiger partial charge >= 0.3 is 6.03 Å². The van der Waals surface area contributed by atoms with Gasteiger partial charge in [0.25, 0.3) is 0 Å². The lowest BCUT2D eigenvalue weighted by molar-refractivity contribution is 0.124. The Morgan fingerprint density at radius 2 is 1.84 bits per heavy atom. The summed E-state index contributed by atoms with van der Waals surface area (Å²) in [5, 5.41) is 17.3. The zero-order chi connectivity index (χ0) is 18.7. The van der Waals surface area contributed by atoms with Crippen LogP contribution in [0, 0.1) is 26.7 Å². The molecule has 6 nitrogen and oxygen atoms in total. The highest BCUT2D eigenvalue weighted by molar-refractivity contribution is 5.75. The molecule has 0 bridgehead atoms. The Morgan fingerprint density at radius 1 is 1.24 bits per heavy atom. The molecule has 0 aliphatic rings. The van der Waals surface area contributed by atoms with E-state index in [1.807, 2.05) is 13.8 Å². The van der Waals surface area contributed by atoms with E-state index in [-0.39, 0.29) is 17.9 Å². The van der Waals surface area contributed by atoms with Crippen LogP contribution < -0.4 is 5.32 Å². The van der Waals surface area contributed by atoms with Gasteiger partial charge in [0.2, 0.25) is 0 Å². The molecule has 2 rings (SSSR count). The van der Waals surface area contributed by atoms with Crippen molar-refractivity contribution >= 4 is 6.03 Å². The number of rotatable bonds is 5. The standard InChI is InChI=1S/C19H28N4O2/c1-7-20-19(25)23-10-21-18(22-23)17(14(5)15(6)24)16-12(3)8-11(2)9-13(16)4/h8-10,14-15,17,24H,7H2,1-6H3,(H,20,25)/t14-,15-,17?/m1/s1. The van der Waals surface area contributed by atoms with E-state index in [1.165, 1.54) is 16.6 Å². The van der Waals surface area contributed by atoms with Crippen molar-refractivity contribution in [3.05, 3.63) is 46.5 Å². The molecule has 1 aromatic carbocycles. The minimum Gasteiger partial charge on any atom is -0.393 e. The van der Waals surface area contributed by atoms with Crippen LogP contribution in [0.2, 0.25) is 0 Å². The molecule has 0 radical (unpaired) electrons. The molecule has 1 unspecified atom stereocenters. The summed E-state index contributed by atoms with van der Waals surface area (Å²) in [6.07, 6.45) is 0.905. The van der Waals surface area contributed by atoms with Crippen LogP contribution in [0.3, 0.4) is 0 Å². The average molecular weight is 344 g/mol. The van der Waals surface area contributed by atoms with Crippen molar-refractivity contribution in [2.24, 2.45) is 5.92 Å². The smallest absolute Gasteiger partial charge is 0.343 e. The first-order chi connectivity index (χ1) is 11.8. The van der Waals surface area contributed by atoms with Gasteiger partial charge in [-0.3, -0.25) is 0 Å². The first-order valence-corrected chi connectivity index (χ1v) is 8.71. The number of aliphatic hydroxyl groups is 1. The zero-order valence-electron chi connectivity index (χ0n) is 15.9. The number of nitrogens with zero attached hydrogens (tertiary/aromatic N) is 3. The van der Waals surface area contributed by atoms with Crippen molar-refractivity contribution < 1.29 is 9.90 Å². The third-order valence-electron chi connectivity index (χ3n) is 4.66. The Bertz CT molecular complexity index is 729. The van der Waals surface area contributed by atoms with Gasteiger partial charge in [-0.15, -0.1) is 5.10 Å². The van der Waals surface area contributed by atoms with Gasteiger partial charge in [-0.1, -0.05) is 24.6 Å². The minimum absolute atomic E-state index is 0.0924. The number of benzene rings is 1. The molecular formula is C19H28N4O2. The number of hydrogen-bond donors (Lipinski definition) is 2. The predicted molar refractivity (Wildman–Crippen MR) is 97.8 cm³/mol. The van der Waals surface area contributed by atoms with Crippen LogP contribution in [-0.4, -0.2) is 38.6 Å². The average Bonchev–Trinajstić information content (AvgIpc) is 2.99. The Morgan fingerprint density at radius 3 is 2.36 bits per heavy atom. The monoisotopic (exact) mass is 344 g/mol. The Balaban J connectivity index is 2.54. The second-order valence-corrected chi connectivity index (χ2v) is 6.77. The van der Waals surface area contributed by atoms with Gasteiger partial charge in [0.1, 0.15) is 6.33 Å². The number of hydrogen-bond acceptors (Lipinski definition) is 4. The van der Waals surface area contributed by atoms with Crippen LogP contribution in [0.1, 0.15) is 54.8 Å². The van der Waals surface area contributed by atoms with Gasteiger partial charge in [-0.05, 0) is 57.2 Å². The van der Waals surface area contributed by atoms with Crippen LogP contribution in [0.15, 0.2) is 18.5 Å². The summed E-state index contributed by atoms with van der Waals surface area (Å²) < 4.78 is 1.22. The van der Waals surface area contributed by atoms with Crippen LogP contribution in [0.5, 0.6) is 0 Å². The molecule has 2 N–H and O–H groups in total. The summed E-state index contributed by atoms with van der Waals surface area (Å²) in [4.78, 5) is 16.4. The number of aromatic nitrogens is 3. The molecule has 0 spiro atoms. The molecule has 136 valence electrons. The highest BCUT2D eigenvalue weighted by Gasteiger charge is 2.31. The quantitative estimate of drug-likeness (QED) is 0.874. The second kappa shape index (κ2) is 7.78. The molecule has 6 heteroatoms. The van der Waals surface area contributed by atoms with E-state index in [0.717, 1.165) is 16.7 Å². The Labute approximate surface area is 149 Å². The third-order valence-corrected chi connectivity index (χ3v) is 4.66. The predicted octanol–water partition coefficient (Wildman–Crippen LogP) is 2.93. The fourth-order valence-corrected chi connectivity index (χ4v) is 3.34. The van der Waals surface area contributed by atoms with Gasteiger partial charge in [-0.2, -0.15) is 4.68 Å². The number of carbonyl (C=O) groups excluding carboxylic acids is 1. The van der Waals surface area contributed by atoms with Crippen molar-refractivity contribution in [1.29, 1.82) is 0 Å². The molecule has 25 heavy (non-hydrogen) atoms. The van der Waals surface area contributed by atoms with E-state index in [4.69, 9.17) is 0 Å². The van der Waals surface area contributed by atoms with Crippen molar-refractivity contribution in [2.45, 2.75) is 53.6 Å². The lowest BCUT2D eigenvalue weighted by Gasteiger charge is -2.27. The molecule has 1 amide bonds. The number of amides is 1. The van der Waals surface area contributed by atoms with E-state index >= 15 is 0 Å². The second-order valence-electron chi connectivity index (χ2n) is 6.77. The normalized spacial score (nSPS) is 14.8. The summed E-state index contributed by atoms with van der Waals surface area (Å²) in [6.45, 7) is 12.3. The lowest BCUT2D eigenvalue weighted by Crippen LogP contribution is -2.29. The van der Waals surface area contributed by atoms with Gasteiger partial charge in [0, 0.05) is 6.54 Å². The van der Waals surface area contributed by atoms with Crippen LogP contribution in [0.25, 0.3) is 0 Å². The molecule has 1 heterocycles. The molecule has 3 atom stereocenters. The topological polar surface area (TPSA) is 80.0 Å². The van der Waals surface area contributed by atoms with Crippen LogP contribution >= 0.6 is 0 Å². The molecule has 0 fully saturated rings. The van der Waals surface area contributed by atoms with Gasteiger partial charge < -0.3 is 10.4 Å². The lowest BCUT2D eigenvalue weighted by atomic mass is 9.79. The fraction of sp³-hybridized carbons (Fsp3) is 0.526. The third kappa shape index (κ3) is 4.07. The molecular weight excluding hydrogens is 316 g/mol. The summed E-state index contributed by atoms with van der Waals surface area (Å²) in [5.41, 5.74) is 4.60. The van der Waals surface area contributed by atoms with Crippen LogP contribution in [-0.2, 0) is 0 Å². The van der Waals surface area contributed by atoms with Crippen molar-refractivity contribution in [2.75, 3.05) is 6.54 Å². The Kier molecular flexibility index (Phi) is 5.95. The van der Waals surface area contributed by atoms with Crippen molar-refractivity contribution in [3.63, 3.8) is 0 Å². The van der Waals surface area contributed by atoms with Gasteiger partial charge in [0.15, 0.2) is 5.82 Å². The summed E-state index contributed by atoms with van der Waals surface area (Å²) in [5.74, 6) is 0.274. The highest BCUT2D eigenvalue weighted by Crippen LogP contribution is 2.36. The molecule has 1 aromatic heterocycles. The Hall–Kier alpha value is -2.21. The maximum atomic E-state index is 12.0. The van der Waals surface area contributed by atoms with E-state index in [2.05, 4.69) is 48.3 Å². The van der Waals surface area contributed by atoms with Crippen molar-refractivity contribution in [1.82, 2.24) is 20.1 Å². The van der Waals surface area contributed by atoms with Crippen LogP contribution in [0.4, 0.5) is 4.79 Å². The maximum Gasteiger partial charge on any atom is 0.343 e. The summed E-state index contributed by atoms with van der Waals surface area (Å²) in [6, 6.07) is 3.96. The van der Waals surface area contributed by atoms with E-state index in [9.17, 15) is 9.90 Å². The fourth-order valence-electron chi connectivity index (χ4n) is 3.34. The van der Waals surface area contributed by atoms with E-state index in [1.54, 1.807) is 6.92 Å². The number of aliphatic hydroxyl groups excluding tert-OH is 1. The maximum absolute atomic E-state index is 12.0. The first kappa shape index (κ1) is 19.1. The molecule has 2 aromatic rings. The SMILES string of the molecule is CCNC(=O)n1cnc(C(c2c(C)cc(C)cc2C)[C@H](C)[C@@H](C)O)n1. The number of carbonyl (C=O) groups is 1. The molecule has 0 saturated heterocycles. The summed E-state index contributed by atoms with van der Waals surface area (Å²) in [7, 11) is 0.